The van der Waals surface area contributed by atoms with Crippen molar-refractivity contribution in [2.45, 2.75) is 46.2 Å². The molecule has 3 aromatic carbocycles. The molecule has 0 amide bonds. The molecule has 0 saturated carbocycles. The minimum atomic E-state index is -1.95. The van der Waals surface area contributed by atoms with Crippen molar-refractivity contribution >= 4 is 40.4 Å². The summed E-state index contributed by atoms with van der Waals surface area (Å²) >= 11 is 0. The molecule has 0 aliphatic carbocycles. The molecule has 39 heavy (non-hydrogen) atoms. The molecule has 0 aliphatic heterocycles. The van der Waals surface area contributed by atoms with Crippen molar-refractivity contribution in [3.8, 4) is 16.9 Å². The topological polar surface area (TPSA) is 30.7 Å². The normalized spacial score (nSPS) is 12.4. The van der Waals surface area contributed by atoms with Crippen LogP contribution >= 0.6 is 0 Å². The van der Waals surface area contributed by atoms with Crippen molar-refractivity contribution in [1.82, 2.24) is 14.5 Å². The van der Waals surface area contributed by atoms with Crippen molar-refractivity contribution < 1.29 is 0 Å². The lowest BCUT2D eigenvalue weighted by molar-refractivity contribution is 0.588. The third kappa shape index (κ3) is 4.49. The number of rotatable bonds is 4. The van der Waals surface area contributed by atoms with Crippen LogP contribution in [-0.2, 0) is 5.41 Å². The molecule has 0 unspecified atom stereocenters. The van der Waals surface area contributed by atoms with Gasteiger partial charge in [0.15, 0.2) is 0 Å². The Morgan fingerprint density at radius 2 is 1.41 bits per heavy atom. The Labute approximate surface area is 232 Å². The molecule has 3 heterocycles. The van der Waals surface area contributed by atoms with E-state index in [1.54, 1.807) is 0 Å². The number of hydrogen-bond acceptors (Lipinski definition) is 2. The van der Waals surface area contributed by atoms with E-state index in [-0.39, 0.29) is 5.41 Å². The first-order valence-corrected chi connectivity index (χ1v) is 16.7. The highest BCUT2D eigenvalue weighted by Gasteiger charge is 2.28. The van der Waals surface area contributed by atoms with Crippen LogP contribution in [0.4, 0.5) is 0 Å². The number of nitrogens with zero attached hydrogens (tertiary/aromatic N) is 3. The van der Waals surface area contributed by atoms with Gasteiger partial charge in [-0.05, 0) is 71.0 Å². The largest absolute Gasteiger partial charge is 0.294 e. The number of benzene rings is 3. The monoisotopic (exact) mass is 525 g/mol. The van der Waals surface area contributed by atoms with E-state index in [4.69, 9.17) is 9.97 Å². The second kappa shape index (κ2) is 9.32. The predicted octanol–water partition coefficient (Wildman–Crippen LogP) is 7.67. The lowest BCUT2D eigenvalue weighted by atomic mass is 9.88. The molecular formula is C35H35N3Si. The number of aromatic nitrogens is 3. The molecule has 6 rings (SSSR count). The maximum atomic E-state index is 4.85. The third-order valence-corrected chi connectivity index (χ3v) is 11.3. The van der Waals surface area contributed by atoms with Crippen molar-refractivity contribution in [3.63, 3.8) is 0 Å². The summed E-state index contributed by atoms with van der Waals surface area (Å²) in [6.07, 6.45) is 3.88. The molecular weight excluding hydrogens is 490 g/mol. The Balaban J connectivity index is 1.53. The summed E-state index contributed by atoms with van der Waals surface area (Å²) in [6, 6.07) is 33.3. The standard InChI is InChI=1S/C35H35N3Si/c1-24-16-18-37-34(20-24)39(5,6)28-11-9-10-25(21-28)26-14-15-30-29-12-7-8-13-31(29)38(32(30)22-26)33-23-27(17-19-36-33)35(2,3)4/h7-23H,1-6H3. The van der Waals surface area contributed by atoms with E-state index < -0.39 is 8.07 Å². The van der Waals surface area contributed by atoms with Gasteiger partial charge in [0, 0.05) is 28.5 Å². The van der Waals surface area contributed by atoms with E-state index in [0.717, 1.165) is 5.82 Å². The van der Waals surface area contributed by atoms with E-state index in [2.05, 4.69) is 136 Å². The van der Waals surface area contributed by atoms with Gasteiger partial charge in [-0.1, -0.05) is 93.6 Å². The van der Waals surface area contributed by atoms with Crippen LogP contribution in [-0.4, -0.2) is 22.6 Å². The summed E-state index contributed by atoms with van der Waals surface area (Å²) < 4.78 is 2.32. The quantitative estimate of drug-likeness (QED) is 0.221. The number of aryl methyl sites for hydroxylation is 1. The van der Waals surface area contributed by atoms with Gasteiger partial charge in [-0.2, -0.15) is 0 Å². The number of hydrogen-bond donors (Lipinski definition) is 0. The molecule has 0 saturated heterocycles. The lowest BCUT2D eigenvalue weighted by Gasteiger charge is -2.23. The van der Waals surface area contributed by atoms with E-state index in [0.29, 0.717) is 0 Å². The number of para-hydroxylation sites is 1. The van der Waals surface area contributed by atoms with Gasteiger partial charge in [-0.3, -0.25) is 9.55 Å². The first kappa shape index (κ1) is 25.3. The van der Waals surface area contributed by atoms with Crippen molar-refractivity contribution in [2.24, 2.45) is 0 Å². The molecule has 0 atom stereocenters. The molecule has 0 fully saturated rings. The van der Waals surface area contributed by atoms with Gasteiger partial charge < -0.3 is 0 Å². The van der Waals surface area contributed by atoms with Crippen LogP contribution in [0.2, 0.25) is 13.1 Å². The summed E-state index contributed by atoms with van der Waals surface area (Å²) in [6.45, 7) is 13.7. The van der Waals surface area contributed by atoms with Crippen LogP contribution in [0, 0.1) is 6.92 Å². The number of fused-ring (bicyclic) bond motifs is 3. The number of pyridine rings is 2. The minimum absolute atomic E-state index is 0.0465. The van der Waals surface area contributed by atoms with Crippen LogP contribution < -0.4 is 10.5 Å². The zero-order chi connectivity index (χ0) is 27.4. The molecule has 0 N–H and O–H groups in total. The van der Waals surface area contributed by atoms with E-state index in [9.17, 15) is 0 Å². The average molecular weight is 526 g/mol. The van der Waals surface area contributed by atoms with Crippen LogP contribution in [0.25, 0.3) is 38.8 Å². The van der Waals surface area contributed by atoms with Gasteiger partial charge in [0.25, 0.3) is 0 Å². The summed E-state index contributed by atoms with van der Waals surface area (Å²) in [4.78, 5) is 9.62. The van der Waals surface area contributed by atoms with E-state index in [1.807, 2.05) is 12.4 Å². The Morgan fingerprint density at radius 3 is 2.21 bits per heavy atom. The zero-order valence-corrected chi connectivity index (χ0v) is 24.7. The molecule has 0 radical (unpaired) electrons. The minimum Gasteiger partial charge on any atom is -0.294 e. The summed E-state index contributed by atoms with van der Waals surface area (Å²) in [5.74, 6) is 0.957. The molecule has 3 nitrogen and oxygen atoms in total. The summed E-state index contributed by atoms with van der Waals surface area (Å²) in [7, 11) is -1.95. The Kier molecular flexibility index (Phi) is 6.04. The fourth-order valence-corrected chi connectivity index (χ4v) is 7.83. The Bertz CT molecular complexity index is 1840. The van der Waals surface area contributed by atoms with Crippen LogP contribution in [0.1, 0.15) is 31.9 Å². The Morgan fingerprint density at radius 1 is 0.667 bits per heavy atom. The van der Waals surface area contributed by atoms with Crippen molar-refractivity contribution in [2.75, 3.05) is 0 Å². The summed E-state index contributed by atoms with van der Waals surface area (Å²) in [5, 5.41) is 5.10. The van der Waals surface area contributed by atoms with Crippen molar-refractivity contribution in [1.29, 1.82) is 0 Å². The van der Waals surface area contributed by atoms with Gasteiger partial charge in [-0.15, -0.1) is 0 Å². The fourth-order valence-electron chi connectivity index (χ4n) is 5.52. The van der Waals surface area contributed by atoms with Crippen molar-refractivity contribution in [3.05, 3.63) is 115 Å². The van der Waals surface area contributed by atoms with E-state index in [1.165, 1.54) is 54.6 Å². The Hall–Kier alpha value is -4.02. The first-order chi connectivity index (χ1) is 18.6. The highest BCUT2D eigenvalue weighted by Crippen LogP contribution is 2.35. The highest BCUT2D eigenvalue weighted by atomic mass is 28.3. The maximum absolute atomic E-state index is 4.85. The molecule has 4 heteroatoms. The molecule has 194 valence electrons. The lowest BCUT2D eigenvalue weighted by Crippen LogP contribution is -2.54. The SMILES string of the molecule is Cc1ccnc([Si](C)(C)c2cccc(-c3ccc4c5ccccc5n(-c5cc(C(C)(C)C)ccn5)c4c3)c2)c1. The van der Waals surface area contributed by atoms with Gasteiger partial charge in [-0.25, -0.2) is 4.98 Å². The van der Waals surface area contributed by atoms with Gasteiger partial charge in [0.1, 0.15) is 13.9 Å². The first-order valence-electron chi connectivity index (χ1n) is 13.7. The van der Waals surface area contributed by atoms with Crippen LogP contribution in [0.15, 0.2) is 103 Å². The molecule has 3 aromatic heterocycles. The molecule has 0 spiro atoms. The fraction of sp³-hybridized carbons (Fsp3) is 0.200. The maximum Gasteiger partial charge on any atom is 0.137 e. The predicted molar refractivity (Wildman–Crippen MR) is 168 cm³/mol. The van der Waals surface area contributed by atoms with Gasteiger partial charge >= 0.3 is 0 Å². The highest BCUT2D eigenvalue weighted by molar-refractivity contribution is 7.00. The van der Waals surface area contributed by atoms with Gasteiger partial charge in [0.2, 0.25) is 0 Å². The smallest absolute Gasteiger partial charge is 0.137 e. The van der Waals surface area contributed by atoms with E-state index >= 15 is 0 Å². The summed E-state index contributed by atoms with van der Waals surface area (Å²) in [5.41, 5.74) is 7.38. The second-order valence-corrected chi connectivity index (χ2v) is 16.5. The van der Waals surface area contributed by atoms with Gasteiger partial charge in [0.05, 0.1) is 11.0 Å². The molecule has 0 bridgehead atoms. The van der Waals surface area contributed by atoms with Crippen LogP contribution in [0.5, 0.6) is 0 Å². The molecule has 6 aromatic rings. The average Bonchev–Trinajstić information content (AvgIpc) is 3.26. The third-order valence-electron chi connectivity index (χ3n) is 7.99. The second-order valence-electron chi connectivity index (χ2n) is 12.2. The zero-order valence-electron chi connectivity index (χ0n) is 23.7. The van der Waals surface area contributed by atoms with Crippen LogP contribution in [0.3, 0.4) is 0 Å². The molecule has 0 aliphatic rings.